The lowest BCUT2D eigenvalue weighted by molar-refractivity contribution is -0.119. The molecular weight excluding hydrogens is 449 g/mol. The van der Waals surface area contributed by atoms with Crippen LogP contribution in [0.5, 0.6) is 0 Å². The van der Waals surface area contributed by atoms with Crippen molar-refractivity contribution in [3.63, 3.8) is 0 Å². The first kappa shape index (κ1) is 22.3. The van der Waals surface area contributed by atoms with Crippen LogP contribution >= 0.6 is 23.1 Å². The summed E-state index contributed by atoms with van der Waals surface area (Å²) in [5, 5.41) is 3.91. The van der Waals surface area contributed by atoms with Gasteiger partial charge in [0.05, 0.1) is 23.4 Å². The van der Waals surface area contributed by atoms with Crippen molar-refractivity contribution in [2.24, 2.45) is 0 Å². The van der Waals surface area contributed by atoms with Gasteiger partial charge in [-0.2, -0.15) is 0 Å². The number of benzene rings is 1. The molecular formula is C23H22FN3O3S2. The van der Waals surface area contributed by atoms with E-state index in [2.05, 4.69) is 5.32 Å². The van der Waals surface area contributed by atoms with Crippen molar-refractivity contribution < 1.29 is 13.6 Å². The Hall–Kier alpha value is -2.91. The van der Waals surface area contributed by atoms with Gasteiger partial charge in [-0.3, -0.25) is 14.2 Å². The largest absolute Gasteiger partial charge is 0.467 e. The van der Waals surface area contributed by atoms with E-state index in [1.807, 2.05) is 20.8 Å². The fourth-order valence-electron chi connectivity index (χ4n) is 3.55. The molecule has 166 valence electrons. The van der Waals surface area contributed by atoms with E-state index in [9.17, 15) is 14.0 Å². The molecule has 0 saturated heterocycles. The third-order valence-corrected chi connectivity index (χ3v) is 7.06. The van der Waals surface area contributed by atoms with Gasteiger partial charge in [-0.05, 0) is 50.6 Å². The fourth-order valence-corrected chi connectivity index (χ4v) is 5.51. The molecule has 4 rings (SSSR count). The summed E-state index contributed by atoms with van der Waals surface area (Å²) in [5.41, 5.74) is 1.41. The van der Waals surface area contributed by atoms with E-state index in [1.165, 1.54) is 35.2 Å². The molecule has 32 heavy (non-hydrogen) atoms. The molecule has 0 fully saturated rings. The van der Waals surface area contributed by atoms with Crippen molar-refractivity contribution >= 4 is 39.2 Å². The smallest absolute Gasteiger partial charge is 0.263 e. The normalized spacial score (nSPS) is 12.2. The van der Waals surface area contributed by atoms with Crippen LogP contribution in [0.1, 0.15) is 30.5 Å². The van der Waals surface area contributed by atoms with Crippen molar-refractivity contribution in [2.75, 3.05) is 5.75 Å². The van der Waals surface area contributed by atoms with E-state index in [0.29, 0.717) is 27.7 Å². The summed E-state index contributed by atoms with van der Waals surface area (Å²) >= 11 is 2.65. The van der Waals surface area contributed by atoms with Crippen LogP contribution in [0.4, 0.5) is 4.39 Å². The van der Waals surface area contributed by atoms with E-state index in [4.69, 9.17) is 9.40 Å². The number of carbonyl (C=O) groups is 1. The molecule has 0 saturated carbocycles. The number of thiophene rings is 1. The topological polar surface area (TPSA) is 77.1 Å². The second kappa shape index (κ2) is 9.30. The quantitative estimate of drug-likeness (QED) is 0.298. The first-order chi connectivity index (χ1) is 15.4. The standard InChI is InChI=1S/C23H22FN3O3S2/c1-4-27-22(29)20-19(15-7-9-16(24)10-8-15)14(3)32-21(20)26-23(27)31-12-18(28)25-13(2)17-6-5-11-30-17/h5-11,13H,4,12H2,1-3H3,(H,25,28). The van der Waals surface area contributed by atoms with Gasteiger partial charge in [0.1, 0.15) is 16.4 Å². The Morgan fingerprint density at radius 1 is 1.31 bits per heavy atom. The molecule has 1 N–H and O–H groups in total. The molecule has 0 aliphatic rings. The maximum absolute atomic E-state index is 13.4. The van der Waals surface area contributed by atoms with Gasteiger partial charge in [0.15, 0.2) is 5.16 Å². The Morgan fingerprint density at radius 2 is 2.06 bits per heavy atom. The van der Waals surface area contributed by atoms with Crippen LogP contribution in [0.15, 0.2) is 57.0 Å². The van der Waals surface area contributed by atoms with Gasteiger partial charge in [-0.1, -0.05) is 23.9 Å². The number of halogens is 1. The highest BCUT2D eigenvalue weighted by molar-refractivity contribution is 7.99. The number of amides is 1. The Balaban J connectivity index is 1.62. The zero-order valence-electron chi connectivity index (χ0n) is 17.8. The maximum atomic E-state index is 13.4. The monoisotopic (exact) mass is 471 g/mol. The summed E-state index contributed by atoms with van der Waals surface area (Å²) in [7, 11) is 0. The molecule has 1 amide bonds. The van der Waals surface area contributed by atoms with E-state index in [1.54, 1.807) is 35.1 Å². The van der Waals surface area contributed by atoms with Gasteiger partial charge in [-0.25, -0.2) is 9.37 Å². The minimum atomic E-state index is -0.326. The molecule has 0 radical (unpaired) electrons. The number of furan rings is 1. The van der Waals surface area contributed by atoms with Crippen molar-refractivity contribution in [1.29, 1.82) is 0 Å². The average molecular weight is 472 g/mol. The highest BCUT2D eigenvalue weighted by Crippen LogP contribution is 2.36. The number of fused-ring (bicyclic) bond motifs is 1. The molecule has 0 spiro atoms. The second-order valence-corrected chi connectivity index (χ2v) is 9.40. The van der Waals surface area contributed by atoms with Gasteiger partial charge >= 0.3 is 0 Å². The molecule has 6 nitrogen and oxygen atoms in total. The number of hydrogen-bond donors (Lipinski definition) is 1. The molecule has 0 aliphatic heterocycles. The molecule has 0 aliphatic carbocycles. The second-order valence-electron chi connectivity index (χ2n) is 7.26. The van der Waals surface area contributed by atoms with Crippen LogP contribution in [0.25, 0.3) is 21.3 Å². The number of nitrogens with zero attached hydrogens (tertiary/aromatic N) is 2. The molecule has 1 aromatic carbocycles. The van der Waals surface area contributed by atoms with Crippen LogP contribution in [0.2, 0.25) is 0 Å². The molecule has 1 unspecified atom stereocenters. The molecule has 1 atom stereocenters. The van der Waals surface area contributed by atoms with Crippen LogP contribution < -0.4 is 10.9 Å². The Bertz CT molecular complexity index is 1310. The number of aromatic nitrogens is 2. The minimum Gasteiger partial charge on any atom is -0.467 e. The lowest BCUT2D eigenvalue weighted by atomic mass is 10.0. The van der Waals surface area contributed by atoms with E-state index >= 15 is 0 Å². The molecule has 3 aromatic heterocycles. The predicted molar refractivity (Wildman–Crippen MR) is 126 cm³/mol. The van der Waals surface area contributed by atoms with E-state index in [0.717, 1.165) is 16.0 Å². The Labute approximate surface area is 192 Å². The number of hydrogen-bond acceptors (Lipinski definition) is 6. The zero-order chi connectivity index (χ0) is 22.8. The highest BCUT2D eigenvalue weighted by Gasteiger charge is 2.20. The predicted octanol–water partition coefficient (Wildman–Crippen LogP) is 5.15. The van der Waals surface area contributed by atoms with Crippen molar-refractivity contribution in [3.8, 4) is 11.1 Å². The summed E-state index contributed by atoms with van der Waals surface area (Å²) < 4.78 is 20.3. The van der Waals surface area contributed by atoms with Crippen molar-refractivity contribution in [2.45, 2.75) is 38.5 Å². The van der Waals surface area contributed by atoms with E-state index in [-0.39, 0.29) is 29.1 Å². The molecule has 4 aromatic rings. The van der Waals surface area contributed by atoms with Gasteiger partial charge < -0.3 is 9.73 Å². The summed E-state index contributed by atoms with van der Waals surface area (Å²) in [6.07, 6.45) is 1.56. The van der Waals surface area contributed by atoms with Crippen molar-refractivity contribution in [1.82, 2.24) is 14.9 Å². The van der Waals surface area contributed by atoms with Crippen LogP contribution in [0.3, 0.4) is 0 Å². The molecule has 3 heterocycles. The van der Waals surface area contributed by atoms with Crippen molar-refractivity contribution in [3.05, 3.63) is 69.5 Å². The Morgan fingerprint density at radius 3 is 2.72 bits per heavy atom. The summed E-state index contributed by atoms with van der Waals surface area (Å²) in [6, 6.07) is 9.45. The summed E-state index contributed by atoms with van der Waals surface area (Å²) in [4.78, 5) is 32.0. The lowest BCUT2D eigenvalue weighted by Gasteiger charge is -2.13. The number of carbonyl (C=O) groups excluding carboxylic acids is 1. The lowest BCUT2D eigenvalue weighted by Crippen LogP contribution is -2.28. The number of aryl methyl sites for hydroxylation is 1. The van der Waals surface area contributed by atoms with Gasteiger partial charge in [-0.15, -0.1) is 11.3 Å². The average Bonchev–Trinajstić information content (AvgIpc) is 3.41. The molecule has 9 heteroatoms. The maximum Gasteiger partial charge on any atom is 0.263 e. The summed E-state index contributed by atoms with van der Waals surface area (Å²) in [6.45, 7) is 6.07. The van der Waals surface area contributed by atoms with Crippen LogP contribution in [-0.4, -0.2) is 21.2 Å². The third kappa shape index (κ3) is 4.35. The Kier molecular flexibility index (Phi) is 6.48. The van der Waals surface area contributed by atoms with Gasteiger partial charge in [0.25, 0.3) is 5.56 Å². The zero-order valence-corrected chi connectivity index (χ0v) is 19.5. The van der Waals surface area contributed by atoms with Crippen LogP contribution in [-0.2, 0) is 11.3 Å². The summed E-state index contributed by atoms with van der Waals surface area (Å²) in [5.74, 6) is 0.299. The number of rotatable bonds is 7. The van der Waals surface area contributed by atoms with Gasteiger partial charge in [0, 0.05) is 17.0 Å². The number of thioether (sulfide) groups is 1. The fraction of sp³-hybridized carbons (Fsp3) is 0.261. The molecule has 0 bridgehead atoms. The SMILES string of the molecule is CCn1c(SCC(=O)NC(C)c2ccco2)nc2sc(C)c(-c3ccc(F)cc3)c2c1=O. The third-order valence-electron chi connectivity index (χ3n) is 5.08. The first-order valence-corrected chi connectivity index (χ1v) is 11.9. The van der Waals surface area contributed by atoms with Crippen LogP contribution in [0, 0.1) is 12.7 Å². The first-order valence-electron chi connectivity index (χ1n) is 10.1. The van der Waals surface area contributed by atoms with Gasteiger partial charge in [0.2, 0.25) is 5.91 Å². The number of nitrogens with one attached hydrogen (secondary N) is 1. The highest BCUT2D eigenvalue weighted by atomic mass is 32.2. The van der Waals surface area contributed by atoms with E-state index < -0.39 is 0 Å². The minimum absolute atomic E-state index is 0.123.